The zero-order chi connectivity index (χ0) is 25.2. The number of aromatic nitrogens is 3. The van der Waals surface area contributed by atoms with Gasteiger partial charge in [-0.1, -0.05) is 84.9 Å². The van der Waals surface area contributed by atoms with Gasteiger partial charge in [-0.05, 0) is 91.0 Å². The van der Waals surface area contributed by atoms with E-state index in [1.54, 1.807) is 0 Å². The van der Waals surface area contributed by atoms with Gasteiger partial charge in [0.05, 0.1) is 0 Å². The van der Waals surface area contributed by atoms with Crippen LogP contribution in [0.1, 0.15) is 33.4 Å². The van der Waals surface area contributed by atoms with Crippen molar-refractivity contribution < 1.29 is 0 Å². The van der Waals surface area contributed by atoms with E-state index in [1.807, 2.05) is 36.4 Å². The van der Waals surface area contributed by atoms with Gasteiger partial charge in [0.1, 0.15) is 0 Å². The Morgan fingerprint density at radius 3 is 1.38 bits per heavy atom. The first-order chi connectivity index (χ1) is 19.3. The smallest absolute Gasteiger partial charge is 0.164 e. The van der Waals surface area contributed by atoms with Crippen LogP contribution in [0.3, 0.4) is 0 Å². The molecule has 6 aromatic carbocycles. The Morgan fingerprint density at radius 1 is 0.385 bits per heavy atom. The van der Waals surface area contributed by atoms with Crippen LogP contribution in [0.5, 0.6) is 0 Å². The molecule has 0 aliphatic heterocycles. The minimum atomic E-state index is 0.715. The Hall–Kier alpha value is -4.89. The maximum atomic E-state index is 5.13. The minimum Gasteiger partial charge on any atom is -0.208 e. The number of hydrogen-bond acceptors (Lipinski definition) is 3. The van der Waals surface area contributed by atoms with Crippen molar-refractivity contribution in [3.05, 3.63) is 124 Å². The van der Waals surface area contributed by atoms with Crippen molar-refractivity contribution in [1.29, 1.82) is 0 Å². The van der Waals surface area contributed by atoms with E-state index in [0.717, 1.165) is 41.8 Å². The van der Waals surface area contributed by atoms with Gasteiger partial charge in [0, 0.05) is 16.7 Å². The molecule has 3 aliphatic rings. The molecule has 39 heavy (non-hydrogen) atoms. The molecule has 10 rings (SSSR count). The Kier molecular flexibility index (Phi) is 3.58. The topological polar surface area (TPSA) is 38.7 Å². The van der Waals surface area contributed by atoms with Crippen molar-refractivity contribution in [2.75, 3.05) is 0 Å². The summed E-state index contributed by atoms with van der Waals surface area (Å²) >= 11 is 0. The van der Waals surface area contributed by atoms with E-state index < -0.39 is 0 Å². The highest BCUT2D eigenvalue weighted by Gasteiger charge is 2.33. The predicted molar refractivity (Wildman–Crippen MR) is 157 cm³/mol. The molecule has 0 N–H and O–H groups in total. The number of hydrogen-bond donors (Lipinski definition) is 0. The Balaban J connectivity index is 1.32. The lowest BCUT2D eigenvalue weighted by atomic mass is 9.92. The molecule has 0 unspecified atom stereocenters. The lowest BCUT2D eigenvalue weighted by Gasteiger charge is -2.13. The fourth-order valence-electron chi connectivity index (χ4n) is 7.50. The van der Waals surface area contributed by atoms with Crippen molar-refractivity contribution in [2.24, 2.45) is 0 Å². The van der Waals surface area contributed by atoms with Crippen LogP contribution in [0.4, 0.5) is 0 Å². The SMILES string of the molecule is c1ccc(-c2nc(-c3ccccc3)nc(-c3cc4c5c6c(ccc7c6c6c(ccc8c6c5c3C8)C7)C4)n2)cc1. The molecule has 0 radical (unpaired) electrons. The first kappa shape index (κ1) is 20.1. The van der Waals surface area contributed by atoms with Gasteiger partial charge in [0.25, 0.3) is 0 Å². The van der Waals surface area contributed by atoms with Crippen molar-refractivity contribution in [1.82, 2.24) is 15.0 Å². The normalized spacial score (nSPS) is 13.8. The summed E-state index contributed by atoms with van der Waals surface area (Å²) in [6, 6.07) is 32.4. The summed E-state index contributed by atoms with van der Waals surface area (Å²) in [7, 11) is 0. The second kappa shape index (κ2) is 6.95. The van der Waals surface area contributed by atoms with Gasteiger partial charge < -0.3 is 0 Å². The van der Waals surface area contributed by atoms with Gasteiger partial charge in [-0.25, -0.2) is 15.0 Å². The highest BCUT2D eigenvalue weighted by molar-refractivity contribution is 6.33. The molecule has 3 heteroatoms. The van der Waals surface area contributed by atoms with Crippen molar-refractivity contribution in [3.63, 3.8) is 0 Å². The van der Waals surface area contributed by atoms with Crippen molar-refractivity contribution in [3.8, 4) is 34.2 Å². The Morgan fingerprint density at radius 2 is 0.821 bits per heavy atom. The largest absolute Gasteiger partial charge is 0.208 e. The summed E-state index contributed by atoms with van der Waals surface area (Å²) < 4.78 is 0. The molecular weight excluding hydrogens is 474 g/mol. The van der Waals surface area contributed by atoms with E-state index in [9.17, 15) is 0 Å². The molecule has 0 saturated heterocycles. The molecule has 7 aromatic rings. The van der Waals surface area contributed by atoms with Crippen LogP contribution in [0.2, 0.25) is 0 Å². The third-order valence-electron chi connectivity index (χ3n) is 9.09. The van der Waals surface area contributed by atoms with Crippen LogP contribution in [0.25, 0.3) is 66.5 Å². The first-order valence-corrected chi connectivity index (χ1v) is 13.7. The maximum Gasteiger partial charge on any atom is 0.164 e. The minimum absolute atomic E-state index is 0.715. The third kappa shape index (κ3) is 2.50. The van der Waals surface area contributed by atoms with Gasteiger partial charge >= 0.3 is 0 Å². The molecular formula is C36H21N3. The highest BCUT2D eigenvalue weighted by atomic mass is 15.0. The average molecular weight is 496 g/mol. The summed E-state index contributed by atoms with van der Waals surface area (Å²) in [5.41, 5.74) is 11.8. The molecule has 1 aromatic heterocycles. The maximum absolute atomic E-state index is 5.13. The van der Waals surface area contributed by atoms with Gasteiger partial charge in [0.2, 0.25) is 0 Å². The standard InChI is InChI=1S/C36H21N3/c1-3-7-19(8-4-1)34-37-35(20-9-5-2-6-10-20)39-36(38-34)27-18-25-16-23-12-11-21-15-22-13-14-24-17-26(27)33-31(24)29(22)28(21)30(23)32(25)33/h1-14,18H,15-17H2. The molecule has 0 spiro atoms. The number of benzene rings is 6. The zero-order valence-corrected chi connectivity index (χ0v) is 21.1. The van der Waals surface area contributed by atoms with E-state index in [4.69, 9.17) is 15.0 Å². The summed E-state index contributed by atoms with van der Waals surface area (Å²) in [6.07, 6.45) is 2.94. The molecule has 0 bridgehead atoms. The molecule has 180 valence electrons. The summed E-state index contributed by atoms with van der Waals surface area (Å²) in [5, 5.41) is 8.92. The quantitative estimate of drug-likeness (QED) is 0.233. The van der Waals surface area contributed by atoms with E-state index in [0.29, 0.717) is 11.6 Å². The van der Waals surface area contributed by atoms with Crippen LogP contribution in [0.15, 0.2) is 91.0 Å². The van der Waals surface area contributed by atoms with Gasteiger partial charge in [-0.15, -0.1) is 0 Å². The first-order valence-electron chi connectivity index (χ1n) is 13.7. The second-order valence-electron chi connectivity index (χ2n) is 11.1. The van der Waals surface area contributed by atoms with Gasteiger partial charge in [-0.3, -0.25) is 0 Å². The molecule has 1 heterocycles. The average Bonchev–Trinajstić information content (AvgIpc) is 3.67. The molecule has 3 nitrogen and oxygen atoms in total. The van der Waals surface area contributed by atoms with Crippen molar-refractivity contribution in [2.45, 2.75) is 19.3 Å². The lowest BCUT2D eigenvalue weighted by Crippen LogP contribution is -2.02. The van der Waals surface area contributed by atoms with Crippen LogP contribution >= 0.6 is 0 Å². The molecule has 0 amide bonds. The Bertz CT molecular complexity index is 2140. The van der Waals surface area contributed by atoms with Crippen molar-refractivity contribution >= 4 is 32.3 Å². The predicted octanol–water partition coefficient (Wildman–Crippen LogP) is 8.04. The highest BCUT2D eigenvalue weighted by Crippen LogP contribution is 2.54. The van der Waals surface area contributed by atoms with Gasteiger partial charge in [-0.2, -0.15) is 0 Å². The summed E-state index contributed by atoms with van der Waals surface area (Å²) in [4.78, 5) is 15.2. The number of rotatable bonds is 3. The van der Waals surface area contributed by atoms with E-state index in [-0.39, 0.29) is 0 Å². The second-order valence-corrected chi connectivity index (χ2v) is 11.1. The van der Waals surface area contributed by atoms with Crippen LogP contribution in [0, 0.1) is 0 Å². The summed E-state index contributed by atoms with van der Waals surface area (Å²) in [6.45, 7) is 0. The Labute approximate surface area is 224 Å². The van der Waals surface area contributed by atoms with E-state index >= 15 is 0 Å². The molecule has 3 aliphatic carbocycles. The molecule has 0 fully saturated rings. The third-order valence-corrected chi connectivity index (χ3v) is 9.09. The fraction of sp³-hybridized carbons (Fsp3) is 0.0833. The van der Waals surface area contributed by atoms with Crippen LogP contribution in [-0.4, -0.2) is 15.0 Å². The summed E-state index contributed by atoms with van der Waals surface area (Å²) in [5.74, 6) is 2.20. The van der Waals surface area contributed by atoms with Gasteiger partial charge in [0.15, 0.2) is 17.5 Å². The number of nitrogens with zero attached hydrogens (tertiary/aromatic N) is 3. The van der Waals surface area contributed by atoms with E-state index in [1.165, 1.54) is 65.7 Å². The van der Waals surface area contributed by atoms with Crippen LogP contribution < -0.4 is 0 Å². The van der Waals surface area contributed by atoms with Crippen LogP contribution in [-0.2, 0) is 19.3 Å². The fourth-order valence-corrected chi connectivity index (χ4v) is 7.50. The molecule has 0 saturated carbocycles. The zero-order valence-electron chi connectivity index (χ0n) is 21.1. The monoisotopic (exact) mass is 495 g/mol. The molecule has 0 atom stereocenters. The lowest BCUT2D eigenvalue weighted by molar-refractivity contribution is 1.07. The van der Waals surface area contributed by atoms with E-state index in [2.05, 4.69) is 54.6 Å².